The first-order chi connectivity index (χ1) is 12.2. The van der Waals surface area contributed by atoms with Gasteiger partial charge in [-0.25, -0.2) is 10.9 Å². The molecule has 0 saturated carbocycles. The molecule has 2 heterocycles. The summed E-state index contributed by atoms with van der Waals surface area (Å²) in [6.45, 7) is 5.73. The third-order valence-electron chi connectivity index (χ3n) is 5.16. The summed E-state index contributed by atoms with van der Waals surface area (Å²) in [5.74, 6) is 0.145. The van der Waals surface area contributed by atoms with Gasteiger partial charge in [0.2, 0.25) is 5.91 Å². The molecular formula is C19H31N5O. The van der Waals surface area contributed by atoms with Crippen LogP contribution in [0, 0.1) is 0 Å². The number of amides is 1. The lowest BCUT2D eigenvalue weighted by molar-refractivity contribution is -0.122. The van der Waals surface area contributed by atoms with E-state index in [9.17, 15) is 4.79 Å². The van der Waals surface area contributed by atoms with Gasteiger partial charge in [0.25, 0.3) is 0 Å². The molecule has 3 N–H and O–H groups in total. The zero-order valence-corrected chi connectivity index (χ0v) is 15.2. The highest BCUT2D eigenvalue weighted by Crippen LogP contribution is 2.20. The predicted molar refractivity (Wildman–Crippen MR) is 99.8 cm³/mol. The normalized spacial score (nSPS) is 25.2. The Morgan fingerprint density at radius 1 is 1.12 bits per heavy atom. The molecule has 1 amide bonds. The van der Waals surface area contributed by atoms with Crippen LogP contribution in [0.25, 0.3) is 0 Å². The second-order valence-corrected chi connectivity index (χ2v) is 7.21. The van der Waals surface area contributed by atoms with E-state index < -0.39 is 0 Å². The molecule has 0 bridgehead atoms. The number of likely N-dealkylation sites (N-methyl/N-ethyl adjacent to an activating group) is 1. The summed E-state index contributed by atoms with van der Waals surface area (Å²) in [7, 11) is 2.18. The molecule has 25 heavy (non-hydrogen) atoms. The van der Waals surface area contributed by atoms with Gasteiger partial charge in [-0.1, -0.05) is 30.3 Å². The van der Waals surface area contributed by atoms with E-state index in [0.29, 0.717) is 6.42 Å². The topological polar surface area (TPSA) is 59.6 Å². The third kappa shape index (κ3) is 5.78. The standard InChI is InChI=1S/C19H31N5O/c1-23-11-13-24(14-12-23)10-6-5-9-19(25)20-18-15-17(21-22-18)16-7-3-2-4-8-16/h2-4,7-8,17-18,21-22H,5-6,9-15H2,1H3,(H,20,25). The van der Waals surface area contributed by atoms with Gasteiger partial charge in [-0.3, -0.25) is 4.79 Å². The molecule has 138 valence electrons. The number of hydrogen-bond acceptors (Lipinski definition) is 5. The fourth-order valence-corrected chi connectivity index (χ4v) is 3.51. The first-order valence-corrected chi connectivity index (χ1v) is 9.47. The maximum absolute atomic E-state index is 12.1. The van der Waals surface area contributed by atoms with Crippen molar-refractivity contribution in [2.45, 2.75) is 37.9 Å². The molecule has 2 aliphatic heterocycles. The van der Waals surface area contributed by atoms with Crippen molar-refractivity contribution in [2.75, 3.05) is 39.8 Å². The Labute approximate surface area is 150 Å². The van der Waals surface area contributed by atoms with Gasteiger partial charge in [-0.2, -0.15) is 0 Å². The highest BCUT2D eigenvalue weighted by molar-refractivity contribution is 5.76. The maximum Gasteiger partial charge on any atom is 0.221 e. The molecule has 1 aromatic rings. The van der Waals surface area contributed by atoms with E-state index in [1.165, 1.54) is 5.56 Å². The lowest BCUT2D eigenvalue weighted by Gasteiger charge is -2.32. The van der Waals surface area contributed by atoms with Crippen molar-refractivity contribution in [2.24, 2.45) is 0 Å². The quantitative estimate of drug-likeness (QED) is 0.646. The Kier molecular flexibility index (Phi) is 6.81. The molecule has 1 aromatic carbocycles. The average Bonchev–Trinajstić information content (AvgIpc) is 3.09. The van der Waals surface area contributed by atoms with Crippen molar-refractivity contribution < 1.29 is 4.79 Å². The fraction of sp³-hybridized carbons (Fsp3) is 0.632. The lowest BCUT2D eigenvalue weighted by atomic mass is 10.0. The highest BCUT2D eigenvalue weighted by Gasteiger charge is 2.25. The Morgan fingerprint density at radius 3 is 2.64 bits per heavy atom. The van der Waals surface area contributed by atoms with E-state index in [2.05, 4.69) is 45.1 Å². The monoisotopic (exact) mass is 345 g/mol. The van der Waals surface area contributed by atoms with E-state index in [1.807, 2.05) is 18.2 Å². The van der Waals surface area contributed by atoms with Crippen LogP contribution < -0.4 is 16.2 Å². The zero-order valence-electron chi connectivity index (χ0n) is 15.2. The van der Waals surface area contributed by atoms with Crippen molar-refractivity contribution in [3.8, 4) is 0 Å². The largest absolute Gasteiger partial charge is 0.339 e. The number of hydrogen-bond donors (Lipinski definition) is 3. The summed E-state index contributed by atoms with van der Waals surface area (Å²) < 4.78 is 0. The molecule has 2 unspecified atom stereocenters. The number of carbonyl (C=O) groups is 1. The van der Waals surface area contributed by atoms with Crippen LogP contribution in [-0.2, 0) is 4.79 Å². The minimum atomic E-state index is 0.00957. The van der Waals surface area contributed by atoms with Crippen LogP contribution in [0.5, 0.6) is 0 Å². The van der Waals surface area contributed by atoms with Crippen LogP contribution in [0.3, 0.4) is 0 Å². The van der Waals surface area contributed by atoms with Gasteiger partial charge in [0.1, 0.15) is 0 Å². The number of unbranched alkanes of at least 4 members (excludes halogenated alkanes) is 1. The minimum absolute atomic E-state index is 0.00957. The average molecular weight is 345 g/mol. The van der Waals surface area contributed by atoms with Crippen LogP contribution in [0.15, 0.2) is 30.3 Å². The van der Waals surface area contributed by atoms with Crippen molar-refractivity contribution in [3.63, 3.8) is 0 Å². The molecule has 6 nitrogen and oxygen atoms in total. The Morgan fingerprint density at radius 2 is 1.88 bits per heavy atom. The molecule has 0 radical (unpaired) electrons. The Balaban J connectivity index is 1.28. The minimum Gasteiger partial charge on any atom is -0.339 e. The number of hydrazine groups is 1. The summed E-state index contributed by atoms with van der Waals surface area (Å²) >= 11 is 0. The smallest absolute Gasteiger partial charge is 0.221 e. The summed E-state index contributed by atoms with van der Waals surface area (Å²) in [6.07, 6.45) is 3.55. The second kappa shape index (κ2) is 9.29. The molecule has 0 aromatic heterocycles. The Bertz CT molecular complexity index is 530. The molecule has 0 aliphatic carbocycles. The SMILES string of the molecule is CN1CCN(CCCCC(=O)NC2CC(c3ccccc3)NN2)CC1. The van der Waals surface area contributed by atoms with Crippen molar-refractivity contribution in [3.05, 3.63) is 35.9 Å². The van der Waals surface area contributed by atoms with Gasteiger partial charge in [0, 0.05) is 45.1 Å². The second-order valence-electron chi connectivity index (χ2n) is 7.21. The van der Waals surface area contributed by atoms with E-state index in [0.717, 1.165) is 52.0 Å². The number of rotatable bonds is 7. The summed E-state index contributed by atoms with van der Waals surface area (Å²) in [5.41, 5.74) is 7.70. The number of carbonyl (C=O) groups excluding carboxylic acids is 1. The zero-order chi connectivity index (χ0) is 17.5. The number of nitrogens with one attached hydrogen (secondary N) is 3. The van der Waals surface area contributed by atoms with Gasteiger partial charge in [0.05, 0.1) is 6.17 Å². The van der Waals surface area contributed by atoms with E-state index >= 15 is 0 Å². The van der Waals surface area contributed by atoms with Crippen LogP contribution >= 0.6 is 0 Å². The van der Waals surface area contributed by atoms with Gasteiger partial charge in [0.15, 0.2) is 0 Å². The number of piperazine rings is 1. The van der Waals surface area contributed by atoms with Gasteiger partial charge in [-0.05, 0) is 32.0 Å². The summed E-state index contributed by atoms with van der Waals surface area (Å²) in [6, 6.07) is 10.6. The first-order valence-electron chi connectivity index (χ1n) is 9.47. The number of nitrogens with zero attached hydrogens (tertiary/aromatic N) is 2. The highest BCUT2D eigenvalue weighted by atomic mass is 16.1. The molecule has 0 spiro atoms. The van der Waals surface area contributed by atoms with E-state index in [-0.39, 0.29) is 18.1 Å². The first kappa shape index (κ1) is 18.3. The van der Waals surface area contributed by atoms with E-state index in [4.69, 9.17) is 0 Å². The maximum atomic E-state index is 12.1. The van der Waals surface area contributed by atoms with Crippen molar-refractivity contribution >= 4 is 5.91 Å². The lowest BCUT2D eigenvalue weighted by Crippen LogP contribution is -2.45. The molecule has 2 saturated heterocycles. The number of benzene rings is 1. The van der Waals surface area contributed by atoms with Gasteiger partial charge in [-0.15, -0.1) is 0 Å². The van der Waals surface area contributed by atoms with Crippen LogP contribution in [0.2, 0.25) is 0 Å². The molecule has 3 rings (SSSR count). The van der Waals surface area contributed by atoms with E-state index in [1.54, 1.807) is 0 Å². The Hall–Kier alpha value is -1.47. The molecule has 2 aliphatic rings. The molecule has 2 fully saturated rings. The van der Waals surface area contributed by atoms with Crippen molar-refractivity contribution in [1.29, 1.82) is 0 Å². The molecule has 6 heteroatoms. The third-order valence-corrected chi connectivity index (χ3v) is 5.16. The van der Waals surface area contributed by atoms with Gasteiger partial charge < -0.3 is 15.1 Å². The van der Waals surface area contributed by atoms with Crippen molar-refractivity contribution in [1.82, 2.24) is 26.0 Å². The molecular weight excluding hydrogens is 314 g/mol. The van der Waals surface area contributed by atoms with Crippen LogP contribution in [0.1, 0.15) is 37.3 Å². The molecule has 2 atom stereocenters. The summed E-state index contributed by atoms with van der Waals surface area (Å²) in [5, 5.41) is 3.09. The fourth-order valence-electron chi connectivity index (χ4n) is 3.51. The van der Waals surface area contributed by atoms with Crippen LogP contribution in [0.4, 0.5) is 0 Å². The summed E-state index contributed by atoms with van der Waals surface area (Å²) in [4.78, 5) is 17.0. The van der Waals surface area contributed by atoms with Crippen LogP contribution in [-0.4, -0.2) is 61.6 Å². The van der Waals surface area contributed by atoms with Gasteiger partial charge >= 0.3 is 0 Å². The predicted octanol–water partition coefficient (Wildman–Crippen LogP) is 1.09.